The van der Waals surface area contributed by atoms with Crippen LogP contribution in [0.2, 0.25) is 0 Å². The predicted molar refractivity (Wildman–Crippen MR) is 143 cm³/mol. The molecule has 0 saturated heterocycles. The number of methoxy groups -OCH3 is 1. The van der Waals surface area contributed by atoms with Gasteiger partial charge in [0.1, 0.15) is 11.8 Å². The average molecular weight is 513 g/mol. The lowest BCUT2D eigenvalue weighted by atomic mass is 9.99. The second kappa shape index (κ2) is 12.8. The summed E-state index contributed by atoms with van der Waals surface area (Å²) in [5, 5.41) is 5.82. The summed E-state index contributed by atoms with van der Waals surface area (Å²) in [7, 11) is 1.33. The minimum Gasteiger partial charge on any atom is -0.477 e. The number of benzene rings is 2. The van der Waals surface area contributed by atoms with Crippen molar-refractivity contribution in [1.29, 1.82) is 0 Å². The fourth-order valence-electron chi connectivity index (χ4n) is 4.58. The number of hydrogen-bond donors (Lipinski definition) is 2. The molecule has 0 radical (unpaired) electrons. The maximum Gasteiger partial charge on any atom is 0.328 e. The second-order valence-corrected chi connectivity index (χ2v) is 10.4. The number of nitrogens with one attached hydrogen (secondary N) is 2. The molecule has 1 atom stereocenters. The fraction of sp³-hybridized carbons (Fsp3) is 0.464. The number of carbonyl (C=O) groups is 3. The van der Waals surface area contributed by atoms with Crippen LogP contribution in [0, 0.1) is 13.8 Å². The summed E-state index contributed by atoms with van der Waals surface area (Å²) in [5.74, 6) is 0.456. The van der Waals surface area contributed by atoms with Gasteiger partial charge in [0.15, 0.2) is 5.60 Å². The van der Waals surface area contributed by atoms with Gasteiger partial charge in [0.05, 0.1) is 13.5 Å². The summed E-state index contributed by atoms with van der Waals surface area (Å²) < 4.78 is 11.1. The van der Waals surface area contributed by atoms with Crippen molar-refractivity contribution >= 4 is 35.2 Å². The molecule has 8 heteroatoms. The molecule has 0 spiro atoms. The first kappa shape index (κ1) is 27.6. The van der Waals surface area contributed by atoms with Gasteiger partial charge in [-0.05, 0) is 98.9 Å². The first-order valence-corrected chi connectivity index (χ1v) is 13.7. The number of hydrogen-bond acceptors (Lipinski definition) is 6. The molecule has 36 heavy (non-hydrogen) atoms. The monoisotopic (exact) mass is 512 g/mol. The minimum absolute atomic E-state index is 0.0978. The highest BCUT2D eigenvalue weighted by molar-refractivity contribution is 7.98. The molecule has 0 heterocycles. The Morgan fingerprint density at radius 2 is 1.67 bits per heavy atom. The zero-order valence-corrected chi connectivity index (χ0v) is 22.3. The van der Waals surface area contributed by atoms with Crippen LogP contribution in [-0.2, 0) is 25.5 Å². The van der Waals surface area contributed by atoms with E-state index < -0.39 is 17.6 Å². The summed E-state index contributed by atoms with van der Waals surface area (Å²) in [6, 6.07) is 12.5. The number of anilines is 1. The first-order valence-electron chi connectivity index (χ1n) is 12.3. The van der Waals surface area contributed by atoms with Crippen LogP contribution in [0.15, 0.2) is 42.5 Å². The van der Waals surface area contributed by atoms with Crippen molar-refractivity contribution in [3.8, 4) is 5.75 Å². The standard InChI is InChI=1S/C28H36N2O5S/c1-19-15-20(2)17-22(16-19)29-25(31)18-21-7-9-23(10-8-21)35-28(12-5-6-13-28)27(33)30-24(11-14-36-4)26(32)34-3/h7-10,15-17,24H,5-6,11-14,18H2,1-4H3,(H,29,31)(H,30,33)/t24-/m1/s1. The number of rotatable bonds is 11. The maximum absolute atomic E-state index is 13.3. The van der Waals surface area contributed by atoms with Crippen molar-refractivity contribution in [1.82, 2.24) is 5.32 Å². The lowest BCUT2D eigenvalue weighted by Crippen LogP contribution is -2.54. The van der Waals surface area contributed by atoms with Gasteiger partial charge in [-0.3, -0.25) is 9.59 Å². The lowest BCUT2D eigenvalue weighted by molar-refractivity contribution is -0.148. The topological polar surface area (TPSA) is 93.7 Å². The van der Waals surface area contributed by atoms with Crippen LogP contribution in [0.3, 0.4) is 0 Å². The van der Waals surface area contributed by atoms with Gasteiger partial charge in [0.25, 0.3) is 5.91 Å². The fourth-order valence-corrected chi connectivity index (χ4v) is 5.05. The Morgan fingerprint density at radius 3 is 2.25 bits per heavy atom. The molecule has 1 aliphatic rings. The molecule has 7 nitrogen and oxygen atoms in total. The third-order valence-corrected chi connectivity index (χ3v) is 6.98. The second-order valence-electron chi connectivity index (χ2n) is 9.38. The van der Waals surface area contributed by atoms with Crippen LogP contribution < -0.4 is 15.4 Å². The van der Waals surface area contributed by atoms with E-state index in [4.69, 9.17) is 9.47 Å². The zero-order chi connectivity index (χ0) is 26.1. The van der Waals surface area contributed by atoms with E-state index in [-0.39, 0.29) is 18.2 Å². The van der Waals surface area contributed by atoms with Crippen molar-refractivity contribution in [2.75, 3.05) is 24.4 Å². The van der Waals surface area contributed by atoms with Gasteiger partial charge < -0.3 is 20.1 Å². The molecule has 2 N–H and O–H groups in total. The molecule has 1 fully saturated rings. The molecular formula is C28H36N2O5S. The van der Waals surface area contributed by atoms with E-state index in [2.05, 4.69) is 16.7 Å². The molecule has 194 valence electrons. The van der Waals surface area contributed by atoms with E-state index in [0.29, 0.717) is 25.0 Å². The zero-order valence-electron chi connectivity index (χ0n) is 21.5. The van der Waals surface area contributed by atoms with Crippen molar-refractivity contribution in [3.05, 3.63) is 59.2 Å². The Hall–Kier alpha value is -3.00. The van der Waals surface area contributed by atoms with Crippen LogP contribution >= 0.6 is 11.8 Å². The van der Waals surface area contributed by atoms with E-state index in [9.17, 15) is 14.4 Å². The van der Waals surface area contributed by atoms with Crippen molar-refractivity contribution in [2.24, 2.45) is 0 Å². The molecule has 2 amide bonds. The van der Waals surface area contributed by atoms with Crippen LogP contribution in [-0.4, -0.2) is 48.5 Å². The number of esters is 1. The number of ether oxygens (including phenoxy) is 2. The van der Waals surface area contributed by atoms with Gasteiger partial charge in [-0.1, -0.05) is 18.2 Å². The van der Waals surface area contributed by atoms with Gasteiger partial charge in [-0.2, -0.15) is 11.8 Å². The molecule has 2 aromatic rings. The van der Waals surface area contributed by atoms with Crippen molar-refractivity contribution < 1.29 is 23.9 Å². The SMILES string of the molecule is COC(=O)[C@@H](CCSC)NC(=O)C1(Oc2ccc(CC(=O)Nc3cc(C)cc(C)c3)cc2)CCCC1. The highest BCUT2D eigenvalue weighted by Gasteiger charge is 2.45. The lowest BCUT2D eigenvalue weighted by Gasteiger charge is -2.30. The summed E-state index contributed by atoms with van der Waals surface area (Å²) in [6.07, 6.45) is 5.58. The van der Waals surface area contributed by atoms with Gasteiger partial charge in [0, 0.05) is 5.69 Å². The Kier molecular flexibility index (Phi) is 9.81. The Bertz CT molecular complexity index is 1040. The molecule has 0 aliphatic heterocycles. The highest BCUT2D eigenvalue weighted by Crippen LogP contribution is 2.35. The number of amides is 2. The summed E-state index contributed by atoms with van der Waals surface area (Å²) in [6.45, 7) is 4.00. The van der Waals surface area contributed by atoms with E-state index in [1.54, 1.807) is 23.9 Å². The molecule has 1 aliphatic carbocycles. The van der Waals surface area contributed by atoms with E-state index >= 15 is 0 Å². The minimum atomic E-state index is -1.02. The molecule has 2 aromatic carbocycles. The van der Waals surface area contributed by atoms with Crippen molar-refractivity contribution in [2.45, 2.75) is 64.0 Å². The number of aryl methyl sites for hydroxylation is 2. The Morgan fingerprint density at radius 1 is 1.03 bits per heavy atom. The summed E-state index contributed by atoms with van der Waals surface area (Å²) in [5.41, 5.74) is 2.80. The first-order chi connectivity index (χ1) is 17.2. The quantitative estimate of drug-likeness (QED) is 0.428. The molecule has 0 aromatic heterocycles. The van der Waals surface area contributed by atoms with Gasteiger partial charge in [-0.15, -0.1) is 0 Å². The average Bonchev–Trinajstić information content (AvgIpc) is 3.31. The van der Waals surface area contributed by atoms with Crippen molar-refractivity contribution in [3.63, 3.8) is 0 Å². The molecule has 3 rings (SSSR count). The molecule has 0 unspecified atom stereocenters. The normalized spacial score (nSPS) is 15.1. The van der Waals surface area contributed by atoms with Crippen LogP contribution in [0.25, 0.3) is 0 Å². The number of carbonyl (C=O) groups excluding carboxylic acids is 3. The van der Waals surface area contributed by atoms with Gasteiger partial charge in [-0.25, -0.2) is 4.79 Å². The third-order valence-electron chi connectivity index (χ3n) is 6.33. The van der Waals surface area contributed by atoms with Crippen LogP contribution in [0.4, 0.5) is 5.69 Å². The Labute approximate surface area is 217 Å². The molecular weight excluding hydrogens is 476 g/mol. The van der Waals surface area contributed by atoms with Gasteiger partial charge >= 0.3 is 5.97 Å². The summed E-state index contributed by atoms with van der Waals surface area (Å²) >= 11 is 1.61. The van der Waals surface area contributed by atoms with Crippen LogP contribution in [0.1, 0.15) is 48.8 Å². The highest BCUT2D eigenvalue weighted by atomic mass is 32.2. The smallest absolute Gasteiger partial charge is 0.328 e. The van der Waals surface area contributed by atoms with E-state index in [1.807, 2.05) is 44.4 Å². The predicted octanol–water partition coefficient (Wildman–Crippen LogP) is 4.59. The molecule has 0 bridgehead atoms. The molecule has 1 saturated carbocycles. The maximum atomic E-state index is 13.3. The van der Waals surface area contributed by atoms with E-state index in [1.165, 1.54) is 7.11 Å². The Balaban J connectivity index is 1.64. The largest absolute Gasteiger partial charge is 0.477 e. The summed E-state index contributed by atoms with van der Waals surface area (Å²) in [4.78, 5) is 38.0. The van der Waals surface area contributed by atoms with E-state index in [0.717, 1.165) is 41.0 Å². The van der Waals surface area contributed by atoms with Gasteiger partial charge in [0.2, 0.25) is 5.91 Å². The third kappa shape index (κ3) is 7.50. The number of thioether (sulfide) groups is 1. The van der Waals surface area contributed by atoms with Crippen LogP contribution in [0.5, 0.6) is 5.75 Å².